The summed E-state index contributed by atoms with van der Waals surface area (Å²) in [4.78, 5) is 2.38. The predicted octanol–water partition coefficient (Wildman–Crippen LogP) is 13.4. The molecule has 0 amide bonds. The standard InChI is InChI=1S/C60H43NOSi/c1-7-20-44(21-8-1)46-34-36-49(37-35-46)61(50-38-40-54(41-39-50)63(51-26-13-4-14-27-51,52-28-15-5-16-29-52)53-30-17-6-18-31-53)58-43-48(45-22-9-2-10-23-45)42-57-56-33-19-32-55(59(56)62-60(57)58)47-24-11-3-12-25-47/h1-43H. The number of para-hydroxylation sites is 1. The van der Waals surface area contributed by atoms with Gasteiger partial charge in [0, 0.05) is 27.7 Å². The fourth-order valence-electron chi connectivity index (χ4n) is 9.48. The minimum Gasteiger partial charge on any atom is -0.453 e. The molecule has 2 nitrogen and oxygen atoms in total. The van der Waals surface area contributed by atoms with E-state index in [1.54, 1.807) is 0 Å². The third kappa shape index (κ3) is 6.86. The van der Waals surface area contributed by atoms with Gasteiger partial charge < -0.3 is 9.32 Å². The molecule has 0 unspecified atom stereocenters. The fourth-order valence-corrected chi connectivity index (χ4v) is 14.2. The first-order chi connectivity index (χ1) is 31.3. The molecule has 11 rings (SSSR count). The number of hydrogen-bond donors (Lipinski definition) is 0. The van der Waals surface area contributed by atoms with E-state index in [9.17, 15) is 0 Å². The monoisotopic (exact) mass is 821 g/mol. The molecule has 0 radical (unpaired) electrons. The maximum Gasteiger partial charge on any atom is 0.179 e. The van der Waals surface area contributed by atoms with Crippen molar-refractivity contribution in [1.82, 2.24) is 0 Å². The molecule has 1 heterocycles. The van der Waals surface area contributed by atoms with E-state index in [0.717, 1.165) is 61.3 Å². The molecule has 0 aliphatic carbocycles. The number of benzene rings is 10. The Morgan fingerprint density at radius 1 is 0.286 bits per heavy atom. The van der Waals surface area contributed by atoms with E-state index in [0.29, 0.717) is 0 Å². The first-order valence-electron chi connectivity index (χ1n) is 21.6. The molecule has 0 spiro atoms. The second kappa shape index (κ2) is 16.5. The lowest BCUT2D eigenvalue weighted by Crippen LogP contribution is -2.74. The summed E-state index contributed by atoms with van der Waals surface area (Å²) in [6, 6.07) is 94.6. The van der Waals surface area contributed by atoms with Crippen LogP contribution in [-0.2, 0) is 0 Å². The summed E-state index contributed by atoms with van der Waals surface area (Å²) in [5.74, 6) is 0. The van der Waals surface area contributed by atoms with Gasteiger partial charge in [0.25, 0.3) is 0 Å². The van der Waals surface area contributed by atoms with Crippen LogP contribution in [0.2, 0.25) is 0 Å². The third-order valence-electron chi connectivity index (χ3n) is 12.4. The fraction of sp³-hybridized carbons (Fsp3) is 0. The highest BCUT2D eigenvalue weighted by Gasteiger charge is 2.41. The van der Waals surface area contributed by atoms with Crippen molar-refractivity contribution >= 4 is 67.8 Å². The Labute approximate surface area is 369 Å². The first kappa shape index (κ1) is 38.0. The van der Waals surface area contributed by atoms with Crippen LogP contribution in [0.15, 0.2) is 265 Å². The second-order valence-electron chi connectivity index (χ2n) is 16.0. The van der Waals surface area contributed by atoms with Gasteiger partial charge in [-0.15, -0.1) is 0 Å². The van der Waals surface area contributed by atoms with Crippen molar-refractivity contribution in [2.24, 2.45) is 0 Å². The molecule has 298 valence electrons. The van der Waals surface area contributed by atoms with Crippen molar-refractivity contribution in [3.63, 3.8) is 0 Å². The van der Waals surface area contributed by atoms with Crippen LogP contribution in [0.5, 0.6) is 0 Å². The van der Waals surface area contributed by atoms with Gasteiger partial charge in [-0.2, -0.15) is 0 Å². The van der Waals surface area contributed by atoms with Crippen molar-refractivity contribution in [1.29, 1.82) is 0 Å². The highest BCUT2D eigenvalue weighted by atomic mass is 28.3. The summed E-state index contributed by atoms with van der Waals surface area (Å²) in [6.07, 6.45) is 0. The van der Waals surface area contributed by atoms with E-state index >= 15 is 0 Å². The van der Waals surface area contributed by atoms with E-state index in [1.807, 2.05) is 0 Å². The summed E-state index contributed by atoms with van der Waals surface area (Å²) >= 11 is 0. The van der Waals surface area contributed by atoms with Crippen LogP contribution < -0.4 is 25.6 Å². The Bertz CT molecular complexity index is 3180. The van der Waals surface area contributed by atoms with Gasteiger partial charge in [-0.3, -0.25) is 0 Å². The molecule has 0 atom stereocenters. The van der Waals surface area contributed by atoms with Crippen LogP contribution >= 0.6 is 0 Å². The number of anilines is 3. The summed E-state index contributed by atoms with van der Waals surface area (Å²) < 4.78 is 7.19. The molecule has 0 N–H and O–H groups in total. The quantitative estimate of drug-likeness (QED) is 0.101. The lowest BCUT2D eigenvalue weighted by Gasteiger charge is -2.35. The Balaban J connectivity index is 1.17. The highest BCUT2D eigenvalue weighted by molar-refractivity contribution is 7.19. The van der Waals surface area contributed by atoms with E-state index in [4.69, 9.17) is 4.42 Å². The van der Waals surface area contributed by atoms with Gasteiger partial charge in [0.2, 0.25) is 0 Å². The van der Waals surface area contributed by atoms with Gasteiger partial charge in [-0.25, -0.2) is 0 Å². The van der Waals surface area contributed by atoms with Crippen molar-refractivity contribution in [2.45, 2.75) is 0 Å². The number of nitrogens with zero attached hydrogens (tertiary/aromatic N) is 1. The lowest BCUT2D eigenvalue weighted by molar-refractivity contribution is 0.670. The molecule has 11 aromatic rings. The van der Waals surface area contributed by atoms with Crippen LogP contribution in [0.1, 0.15) is 0 Å². The minimum absolute atomic E-state index is 0.839. The molecule has 3 heteroatoms. The van der Waals surface area contributed by atoms with Crippen molar-refractivity contribution in [2.75, 3.05) is 4.90 Å². The van der Waals surface area contributed by atoms with Crippen LogP contribution in [0.25, 0.3) is 55.3 Å². The topological polar surface area (TPSA) is 16.4 Å². The largest absolute Gasteiger partial charge is 0.453 e. The smallest absolute Gasteiger partial charge is 0.179 e. The predicted molar refractivity (Wildman–Crippen MR) is 268 cm³/mol. The Morgan fingerprint density at radius 2 is 0.698 bits per heavy atom. The molecule has 0 aliphatic heterocycles. The normalized spacial score (nSPS) is 11.5. The molecule has 0 saturated heterocycles. The second-order valence-corrected chi connectivity index (χ2v) is 19.8. The van der Waals surface area contributed by atoms with Gasteiger partial charge in [0.15, 0.2) is 13.7 Å². The zero-order valence-electron chi connectivity index (χ0n) is 34.7. The summed E-state index contributed by atoms with van der Waals surface area (Å²) in [6.45, 7) is 0. The van der Waals surface area contributed by atoms with Crippen LogP contribution in [0.3, 0.4) is 0 Å². The SMILES string of the molecule is c1ccc(-c2ccc(N(c3ccc([Si](c4ccccc4)(c4ccccc4)c4ccccc4)cc3)c3cc(-c4ccccc4)cc4c3oc3c(-c5ccccc5)cccc34)cc2)cc1. The van der Waals surface area contributed by atoms with E-state index in [1.165, 1.54) is 31.9 Å². The van der Waals surface area contributed by atoms with Crippen molar-refractivity contribution < 1.29 is 4.42 Å². The van der Waals surface area contributed by atoms with Crippen molar-refractivity contribution in [3.8, 4) is 33.4 Å². The maximum absolute atomic E-state index is 7.19. The zero-order chi connectivity index (χ0) is 42.0. The Kier molecular flexibility index (Phi) is 9.93. The summed E-state index contributed by atoms with van der Waals surface area (Å²) in [5, 5.41) is 7.51. The van der Waals surface area contributed by atoms with Crippen LogP contribution in [-0.4, -0.2) is 8.07 Å². The summed E-state index contributed by atoms with van der Waals surface area (Å²) in [5.41, 5.74) is 11.6. The average molecular weight is 822 g/mol. The van der Waals surface area contributed by atoms with Gasteiger partial charge >= 0.3 is 0 Å². The molecule has 63 heavy (non-hydrogen) atoms. The highest BCUT2D eigenvalue weighted by Crippen LogP contribution is 2.46. The molecule has 1 aromatic heterocycles. The van der Waals surface area contributed by atoms with E-state index in [2.05, 4.69) is 266 Å². The number of fused-ring (bicyclic) bond motifs is 3. The number of hydrogen-bond acceptors (Lipinski definition) is 2. The number of furan rings is 1. The maximum atomic E-state index is 7.19. The molecule has 0 saturated carbocycles. The molecular formula is C60H43NOSi. The lowest BCUT2D eigenvalue weighted by atomic mass is 9.98. The Hall–Kier alpha value is -7.98. The molecule has 0 aliphatic rings. The van der Waals surface area contributed by atoms with E-state index in [-0.39, 0.29) is 0 Å². The summed E-state index contributed by atoms with van der Waals surface area (Å²) in [7, 11) is -2.76. The minimum atomic E-state index is -2.76. The molecule has 10 aromatic carbocycles. The van der Waals surface area contributed by atoms with Gasteiger partial charge in [-0.05, 0) is 85.0 Å². The van der Waals surface area contributed by atoms with Crippen LogP contribution in [0, 0.1) is 0 Å². The molecular weight excluding hydrogens is 779 g/mol. The Morgan fingerprint density at radius 3 is 1.21 bits per heavy atom. The van der Waals surface area contributed by atoms with Crippen LogP contribution in [0.4, 0.5) is 17.1 Å². The van der Waals surface area contributed by atoms with Gasteiger partial charge in [-0.1, -0.05) is 224 Å². The average Bonchev–Trinajstić information content (AvgIpc) is 3.76. The number of rotatable bonds is 10. The van der Waals surface area contributed by atoms with Gasteiger partial charge in [0.05, 0.1) is 5.69 Å². The first-order valence-corrected chi connectivity index (χ1v) is 23.6. The van der Waals surface area contributed by atoms with Gasteiger partial charge in [0.1, 0.15) is 5.58 Å². The molecule has 0 fully saturated rings. The third-order valence-corrected chi connectivity index (χ3v) is 17.2. The van der Waals surface area contributed by atoms with E-state index < -0.39 is 8.07 Å². The van der Waals surface area contributed by atoms with Crippen molar-refractivity contribution in [3.05, 3.63) is 261 Å². The molecule has 0 bridgehead atoms. The zero-order valence-corrected chi connectivity index (χ0v) is 35.7.